The van der Waals surface area contributed by atoms with Gasteiger partial charge in [0.2, 0.25) is 0 Å². The lowest BCUT2D eigenvalue weighted by atomic mass is 9.97. The first-order valence-electron chi connectivity index (χ1n) is 6.82. The Kier molecular flexibility index (Phi) is 5.27. The Morgan fingerprint density at radius 1 is 1.35 bits per heavy atom. The number of hydrogen-bond donors (Lipinski definition) is 2. The molecule has 0 aliphatic rings. The third kappa shape index (κ3) is 3.64. The number of thiophene rings is 1. The molecule has 2 aromatic rings. The minimum absolute atomic E-state index is 0.0767. The Balaban J connectivity index is 2.16. The summed E-state index contributed by atoms with van der Waals surface area (Å²) >= 11 is 7.54. The fourth-order valence-electron chi connectivity index (χ4n) is 2.07. The lowest BCUT2D eigenvalue weighted by Crippen LogP contribution is -2.41. The highest BCUT2D eigenvalue weighted by Gasteiger charge is 2.26. The highest BCUT2D eigenvalue weighted by Crippen LogP contribution is 2.31. The summed E-state index contributed by atoms with van der Waals surface area (Å²) < 4.78 is 6.26. The van der Waals surface area contributed by atoms with Crippen LogP contribution in [-0.4, -0.2) is 17.3 Å². The van der Waals surface area contributed by atoms with Crippen LogP contribution in [0.2, 0.25) is 4.34 Å². The summed E-state index contributed by atoms with van der Waals surface area (Å²) in [7, 11) is 0. The standard InChI is InChI=1S/C15H20ClNO2S/c1-3-15(18,4-2)10-17-14(11-6-5-9-19-11)12-7-8-13(16)20-12/h5-9,14,17-18H,3-4,10H2,1-2H3. The molecule has 0 saturated heterocycles. The molecule has 20 heavy (non-hydrogen) atoms. The number of furan rings is 1. The largest absolute Gasteiger partial charge is 0.467 e. The monoisotopic (exact) mass is 313 g/mol. The van der Waals surface area contributed by atoms with Gasteiger partial charge in [0.25, 0.3) is 0 Å². The number of rotatable bonds is 7. The van der Waals surface area contributed by atoms with Gasteiger partial charge in [0.15, 0.2) is 0 Å². The Labute approximate surface area is 128 Å². The zero-order valence-corrected chi connectivity index (χ0v) is 13.3. The van der Waals surface area contributed by atoms with Crippen molar-refractivity contribution >= 4 is 22.9 Å². The number of aliphatic hydroxyl groups is 1. The zero-order valence-electron chi connectivity index (χ0n) is 11.7. The molecule has 2 rings (SSSR count). The van der Waals surface area contributed by atoms with Gasteiger partial charge in [-0.25, -0.2) is 0 Å². The molecule has 0 radical (unpaired) electrons. The summed E-state index contributed by atoms with van der Waals surface area (Å²) in [4.78, 5) is 1.08. The van der Waals surface area contributed by atoms with E-state index in [0.29, 0.717) is 19.4 Å². The van der Waals surface area contributed by atoms with Crippen LogP contribution in [-0.2, 0) is 0 Å². The lowest BCUT2D eigenvalue weighted by molar-refractivity contribution is 0.0305. The van der Waals surface area contributed by atoms with Gasteiger partial charge in [0.05, 0.1) is 16.2 Å². The molecule has 0 aliphatic heterocycles. The van der Waals surface area contributed by atoms with E-state index >= 15 is 0 Å². The molecule has 2 aromatic heterocycles. The number of halogens is 1. The predicted molar refractivity (Wildman–Crippen MR) is 83.4 cm³/mol. The van der Waals surface area contributed by atoms with Crippen LogP contribution in [0.5, 0.6) is 0 Å². The molecule has 0 spiro atoms. The van der Waals surface area contributed by atoms with Crippen LogP contribution in [0.15, 0.2) is 34.9 Å². The van der Waals surface area contributed by atoms with E-state index in [4.69, 9.17) is 16.0 Å². The van der Waals surface area contributed by atoms with Crippen molar-refractivity contribution in [3.63, 3.8) is 0 Å². The minimum atomic E-state index is -0.689. The maximum Gasteiger partial charge on any atom is 0.126 e. The average Bonchev–Trinajstić information content (AvgIpc) is 3.11. The summed E-state index contributed by atoms with van der Waals surface area (Å²) in [5, 5.41) is 13.8. The van der Waals surface area contributed by atoms with E-state index in [1.165, 1.54) is 11.3 Å². The average molecular weight is 314 g/mol. The van der Waals surface area contributed by atoms with Crippen LogP contribution in [0, 0.1) is 0 Å². The van der Waals surface area contributed by atoms with Crippen molar-refractivity contribution in [2.24, 2.45) is 0 Å². The molecule has 0 aromatic carbocycles. The maximum atomic E-state index is 10.4. The van der Waals surface area contributed by atoms with Crippen molar-refractivity contribution in [3.8, 4) is 0 Å². The van der Waals surface area contributed by atoms with Crippen LogP contribution in [0.4, 0.5) is 0 Å². The van der Waals surface area contributed by atoms with E-state index in [9.17, 15) is 5.11 Å². The summed E-state index contributed by atoms with van der Waals surface area (Å²) in [5.41, 5.74) is -0.689. The van der Waals surface area contributed by atoms with Crippen molar-refractivity contribution in [2.75, 3.05) is 6.54 Å². The van der Waals surface area contributed by atoms with Gasteiger partial charge < -0.3 is 14.8 Å². The molecular formula is C15H20ClNO2S. The molecule has 0 amide bonds. The van der Waals surface area contributed by atoms with Crippen LogP contribution < -0.4 is 5.32 Å². The third-order valence-corrected chi connectivity index (χ3v) is 4.95. The van der Waals surface area contributed by atoms with Gasteiger partial charge in [-0.3, -0.25) is 0 Å². The second-order valence-electron chi connectivity index (χ2n) is 4.90. The maximum absolute atomic E-state index is 10.4. The molecule has 0 saturated carbocycles. The minimum Gasteiger partial charge on any atom is -0.467 e. The second-order valence-corrected chi connectivity index (χ2v) is 6.65. The van der Waals surface area contributed by atoms with Gasteiger partial charge in [0, 0.05) is 11.4 Å². The second kappa shape index (κ2) is 6.76. The van der Waals surface area contributed by atoms with Crippen LogP contribution in [0.1, 0.15) is 43.4 Å². The van der Waals surface area contributed by atoms with E-state index < -0.39 is 5.60 Å². The van der Waals surface area contributed by atoms with Gasteiger partial charge in [-0.1, -0.05) is 25.4 Å². The van der Waals surface area contributed by atoms with Crippen molar-refractivity contribution in [1.29, 1.82) is 0 Å². The van der Waals surface area contributed by atoms with Gasteiger partial charge in [-0.15, -0.1) is 11.3 Å². The molecular weight excluding hydrogens is 294 g/mol. The van der Waals surface area contributed by atoms with E-state index in [-0.39, 0.29) is 6.04 Å². The van der Waals surface area contributed by atoms with Gasteiger partial charge in [0.1, 0.15) is 11.8 Å². The van der Waals surface area contributed by atoms with Gasteiger partial charge >= 0.3 is 0 Å². The highest BCUT2D eigenvalue weighted by molar-refractivity contribution is 7.16. The quantitative estimate of drug-likeness (QED) is 0.804. The topological polar surface area (TPSA) is 45.4 Å². The first kappa shape index (κ1) is 15.6. The Bertz CT molecular complexity index is 520. The molecule has 2 heterocycles. The molecule has 0 aliphatic carbocycles. The van der Waals surface area contributed by atoms with Gasteiger partial charge in [-0.2, -0.15) is 0 Å². The summed E-state index contributed by atoms with van der Waals surface area (Å²) in [6.07, 6.45) is 3.09. The molecule has 5 heteroatoms. The summed E-state index contributed by atoms with van der Waals surface area (Å²) in [6.45, 7) is 4.51. The van der Waals surface area contributed by atoms with Crippen molar-refractivity contribution in [1.82, 2.24) is 5.32 Å². The lowest BCUT2D eigenvalue weighted by Gasteiger charge is -2.28. The van der Waals surface area contributed by atoms with E-state index in [1.807, 2.05) is 38.1 Å². The highest BCUT2D eigenvalue weighted by atomic mass is 35.5. The molecule has 110 valence electrons. The molecule has 0 fully saturated rings. The Hall–Kier alpha value is -0.810. The molecule has 2 N–H and O–H groups in total. The van der Waals surface area contributed by atoms with Crippen LogP contribution >= 0.6 is 22.9 Å². The Morgan fingerprint density at radius 2 is 2.10 bits per heavy atom. The predicted octanol–water partition coefficient (Wildman–Crippen LogP) is 4.22. The molecule has 1 atom stereocenters. The Morgan fingerprint density at radius 3 is 2.60 bits per heavy atom. The zero-order chi connectivity index (χ0) is 14.6. The SMILES string of the molecule is CCC(O)(CC)CNC(c1ccco1)c1ccc(Cl)s1. The van der Waals surface area contributed by atoms with Crippen molar-refractivity contribution in [3.05, 3.63) is 45.5 Å². The smallest absolute Gasteiger partial charge is 0.126 e. The molecule has 1 unspecified atom stereocenters. The fourth-order valence-corrected chi connectivity index (χ4v) is 3.22. The normalized spacial score (nSPS) is 13.6. The molecule has 3 nitrogen and oxygen atoms in total. The van der Waals surface area contributed by atoms with E-state index in [0.717, 1.165) is 15.0 Å². The number of nitrogens with one attached hydrogen (secondary N) is 1. The third-order valence-electron chi connectivity index (χ3n) is 3.66. The first-order valence-corrected chi connectivity index (χ1v) is 8.02. The van der Waals surface area contributed by atoms with E-state index in [1.54, 1.807) is 6.26 Å². The first-order chi connectivity index (χ1) is 9.58. The van der Waals surface area contributed by atoms with Crippen LogP contribution in [0.25, 0.3) is 0 Å². The van der Waals surface area contributed by atoms with E-state index in [2.05, 4.69) is 5.32 Å². The molecule has 0 bridgehead atoms. The van der Waals surface area contributed by atoms with Crippen molar-refractivity contribution in [2.45, 2.75) is 38.3 Å². The summed E-state index contributed by atoms with van der Waals surface area (Å²) in [5.74, 6) is 0.832. The number of hydrogen-bond acceptors (Lipinski definition) is 4. The fraction of sp³-hybridized carbons (Fsp3) is 0.467. The van der Waals surface area contributed by atoms with Crippen molar-refractivity contribution < 1.29 is 9.52 Å². The van der Waals surface area contributed by atoms with Gasteiger partial charge in [-0.05, 0) is 37.1 Å². The van der Waals surface area contributed by atoms with Crippen LogP contribution in [0.3, 0.4) is 0 Å². The summed E-state index contributed by atoms with van der Waals surface area (Å²) in [6, 6.07) is 7.59.